The third kappa shape index (κ3) is 4.54. The molecule has 0 aliphatic carbocycles. The van der Waals surface area contributed by atoms with Gasteiger partial charge < -0.3 is 0 Å². The van der Waals surface area contributed by atoms with Gasteiger partial charge in [-0.25, -0.2) is 21.9 Å². The number of sulfonamides is 1. The Bertz CT molecular complexity index is 999. The van der Waals surface area contributed by atoms with Crippen LogP contribution in [0.5, 0.6) is 0 Å². The van der Waals surface area contributed by atoms with Crippen LogP contribution in [-0.2, 0) is 22.3 Å². The molecule has 3 aromatic rings. The summed E-state index contributed by atoms with van der Waals surface area (Å²) >= 11 is 1.58. The second kappa shape index (κ2) is 7.65. The topological polar surface area (TPSA) is 64.0 Å². The lowest BCUT2D eigenvalue weighted by atomic mass is 10.2. The molecular formula is C17H17F2N3O2S2. The summed E-state index contributed by atoms with van der Waals surface area (Å²) in [5, 5.41) is 6.43. The normalized spacial score (nSPS) is 11.8. The minimum atomic E-state index is -3.79. The number of benzene rings is 1. The maximum Gasteiger partial charge on any atom is 0.215 e. The minimum absolute atomic E-state index is 0.103. The molecule has 2 heterocycles. The molecule has 0 aliphatic rings. The molecule has 0 saturated carbocycles. The largest absolute Gasteiger partial charge is 0.268 e. The molecule has 9 heteroatoms. The van der Waals surface area contributed by atoms with Crippen molar-refractivity contribution in [1.29, 1.82) is 0 Å². The average Bonchev–Trinajstić information content (AvgIpc) is 3.21. The smallest absolute Gasteiger partial charge is 0.215 e. The number of nitrogens with one attached hydrogen (secondary N) is 1. The molecule has 0 bridgehead atoms. The fraction of sp³-hybridized carbons (Fsp3) is 0.235. The molecule has 1 aromatic carbocycles. The SMILES string of the molecule is Cc1cc(-c2cccs2)nn1CCNS(=O)(=O)Cc1cc(F)ccc1F. The van der Waals surface area contributed by atoms with Gasteiger partial charge in [0, 0.05) is 17.8 Å². The number of thiophene rings is 1. The van der Waals surface area contributed by atoms with Crippen molar-refractivity contribution in [2.45, 2.75) is 19.2 Å². The first kappa shape index (κ1) is 18.7. The third-order valence-corrected chi connectivity index (χ3v) is 5.98. The van der Waals surface area contributed by atoms with E-state index in [1.165, 1.54) is 0 Å². The summed E-state index contributed by atoms with van der Waals surface area (Å²) in [5.74, 6) is -2.04. The van der Waals surface area contributed by atoms with Gasteiger partial charge in [0.25, 0.3) is 0 Å². The molecule has 0 unspecified atom stereocenters. The standard InChI is InChI=1S/C17H17F2N3O2S2/c1-12-9-16(17-3-2-8-25-17)21-22(12)7-6-20-26(23,24)11-13-10-14(18)4-5-15(13)19/h2-5,8-10,20H,6-7,11H2,1H3. The van der Waals surface area contributed by atoms with Crippen LogP contribution >= 0.6 is 11.3 Å². The van der Waals surface area contributed by atoms with Gasteiger partial charge in [0.1, 0.15) is 17.3 Å². The second-order valence-electron chi connectivity index (χ2n) is 5.76. The van der Waals surface area contributed by atoms with Crippen molar-refractivity contribution in [3.8, 4) is 10.6 Å². The monoisotopic (exact) mass is 397 g/mol. The Morgan fingerprint density at radius 2 is 2.04 bits per heavy atom. The Morgan fingerprint density at radius 1 is 1.23 bits per heavy atom. The van der Waals surface area contributed by atoms with Gasteiger partial charge in [-0.3, -0.25) is 4.68 Å². The van der Waals surface area contributed by atoms with Crippen LogP contribution < -0.4 is 4.72 Å². The van der Waals surface area contributed by atoms with Crippen molar-refractivity contribution in [3.63, 3.8) is 0 Å². The molecule has 1 N–H and O–H groups in total. The summed E-state index contributed by atoms with van der Waals surface area (Å²) < 4.78 is 55.1. The number of aromatic nitrogens is 2. The van der Waals surface area contributed by atoms with Gasteiger partial charge >= 0.3 is 0 Å². The van der Waals surface area contributed by atoms with Crippen LogP contribution in [0.15, 0.2) is 41.8 Å². The van der Waals surface area contributed by atoms with Gasteiger partial charge in [-0.05, 0) is 42.6 Å². The van der Waals surface area contributed by atoms with Crippen LogP contribution in [0.3, 0.4) is 0 Å². The van der Waals surface area contributed by atoms with Crippen molar-refractivity contribution in [2.75, 3.05) is 6.54 Å². The zero-order valence-corrected chi connectivity index (χ0v) is 15.6. The number of hydrogen-bond acceptors (Lipinski definition) is 4. The Hall–Kier alpha value is -2.10. The Labute approximate surface area is 154 Å². The van der Waals surface area contributed by atoms with Gasteiger partial charge in [-0.1, -0.05) is 6.07 Å². The van der Waals surface area contributed by atoms with Crippen molar-refractivity contribution >= 4 is 21.4 Å². The first-order valence-electron chi connectivity index (χ1n) is 7.84. The zero-order chi connectivity index (χ0) is 18.7. The molecule has 0 atom stereocenters. The molecule has 3 rings (SSSR count). The Balaban J connectivity index is 1.61. The summed E-state index contributed by atoms with van der Waals surface area (Å²) in [6, 6.07) is 8.59. The van der Waals surface area contributed by atoms with E-state index in [-0.39, 0.29) is 12.1 Å². The maximum atomic E-state index is 13.6. The lowest BCUT2D eigenvalue weighted by Gasteiger charge is -2.09. The number of halogens is 2. The summed E-state index contributed by atoms with van der Waals surface area (Å²) in [6.45, 7) is 2.33. The van der Waals surface area contributed by atoms with E-state index in [1.54, 1.807) is 16.0 Å². The number of aryl methyl sites for hydroxylation is 1. The van der Waals surface area contributed by atoms with Crippen LogP contribution in [0, 0.1) is 18.6 Å². The van der Waals surface area contributed by atoms with Gasteiger partial charge in [-0.15, -0.1) is 11.3 Å². The highest BCUT2D eigenvalue weighted by molar-refractivity contribution is 7.88. The van der Waals surface area contributed by atoms with Gasteiger partial charge in [0.05, 0.1) is 17.2 Å². The predicted molar refractivity (Wildman–Crippen MR) is 97.3 cm³/mol. The predicted octanol–water partition coefficient (Wildman–Crippen LogP) is 3.32. The van der Waals surface area contributed by atoms with Crippen molar-refractivity contribution in [1.82, 2.24) is 14.5 Å². The molecule has 0 radical (unpaired) electrons. The van der Waals surface area contributed by atoms with Crippen LogP contribution in [0.25, 0.3) is 10.6 Å². The molecule has 138 valence electrons. The fourth-order valence-corrected chi connectivity index (χ4v) is 4.31. The molecule has 0 spiro atoms. The lowest BCUT2D eigenvalue weighted by molar-refractivity contribution is 0.551. The number of hydrogen-bond donors (Lipinski definition) is 1. The summed E-state index contributed by atoms with van der Waals surface area (Å²) in [4.78, 5) is 1.04. The highest BCUT2D eigenvalue weighted by Crippen LogP contribution is 2.23. The van der Waals surface area contributed by atoms with Crippen LogP contribution in [0.2, 0.25) is 0 Å². The molecule has 26 heavy (non-hydrogen) atoms. The van der Waals surface area contributed by atoms with E-state index in [4.69, 9.17) is 0 Å². The molecule has 2 aromatic heterocycles. The first-order chi connectivity index (χ1) is 12.3. The lowest BCUT2D eigenvalue weighted by Crippen LogP contribution is -2.29. The first-order valence-corrected chi connectivity index (χ1v) is 10.4. The summed E-state index contributed by atoms with van der Waals surface area (Å²) in [6.07, 6.45) is 0. The van der Waals surface area contributed by atoms with Crippen LogP contribution in [-0.4, -0.2) is 24.7 Å². The summed E-state index contributed by atoms with van der Waals surface area (Å²) in [5.41, 5.74) is 1.54. The van der Waals surface area contributed by atoms with E-state index in [0.29, 0.717) is 6.54 Å². The van der Waals surface area contributed by atoms with E-state index in [0.717, 1.165) is 34.5 Å². The number of nitrogens with zero attached hydrogens (tertiary/aromatic N) is 2. The highest BCUT2D eigenvalue weighted by atomic mass is 32.2. The average molecular weight is 397 g/mol. The Kier molecular flexibility index (Phi) is 5.49. The van der Waals surface area contributed by atoms with E-state index >= 15 is 0 Å². The molecule has 0 aliphatic heterocycles. The fourth-order valence-electron chi connectivity index (χ4n) is 2.50. The van der Waals surface area contributed by atoms with E-state index in [2.05, 4.69) is 9.82 Å². The van der Waals surface area contributed by atoms with Crippen LogP contribution in [0.1, 0.15) is 11.3 Å². The molecular weight excluding hydrogens is 380 g/mol. The van der Waals surface area contributed by atoms with Crippen molar-refractivity contribution < 1.29 is 17.2 Å². The van der Waals surface area contributed by atoms with Crippen LogP contribution in [0.4, 0.5) is 8.78 Å². The number of rotatable bonds is 7. The minimum Gasteiger partial charge on any atom is -0.268 e. The molecule has 0 amide bonds. The molecule has 5 nitrogen and oxygen atoms in total. The quantitative estimate of drug-likeness (QED) is 0.665. The highest BCUT2D eigenvalue weighted by Gasteiger charge is 2.15. The van der Waals surface area contributed by atoms with E-state index < -0.39 is 27.4 Å². The third-order valence-electron chi connectivity index (χ3n) is 3.75. The van der Waals surface area contributed by atoms with E-state index in [1.807, 2.05) is 30.5 Å². The van der Waals surface area contributed by atoms with Crippen molar-refractivity contribution in [2.24, 2.45) is 0 Å². The van der Waals surface area contributed by atoms with E-state index in [9.17, 15) is 17.2 Å². The van der Waals surface area contributed by atoms with Gasteiger partial charge in [-0.2, -0.15) is 5.10 Å². The molecule has 0 saturated heterocycles. The van der Waals surface area contributed by atoms with Crippen molar-refractivity contribution in [3.05, 3.63) is 64.7 Å². The zero-order valence-electron chi connectivity index (χ0n) is 13.9. The second-order valence-corrected chi connectivity index (χ2v) is 8.52. The summed E-state index contributed by atoms with van der Waals surface area (Å²) in [7, 11) is -3.79. The maximum absolute atomic E-state index is 13.6. The Morgan fingerprint density at radius 3 is 2.77 bits per heavy atom. The van der Waals surface area contributed by atoms with Gasteiger partial charge in [0.15, 0.2) is 0 Å². The van der Waals surface area contributed by atoms with Gasteiger partial charge in [0.2, 0.25) is 10.0 Å². The molecule has 0 fully saturated rings.